The Bertz CT molecular complexity index is 785. The number of methoxy groups -OCH3 is 1. The summed E-state index contributed by atoms with van der Waals surface area (Å²) in [6.45, 7) is 2.55. The maximum Gasteiger partial charge on any atom is 0.259 e. The van der Waals surface area contributed by atoms with E-state index >= 15 is 0 Å². The summed E-state index contributed by atoms with van der Waals surface area (Å²) in [4.78, 5) is 17.2. The van der Waals surface area contributed by atoms with Crippen LogP contribution in [0.3, 0.4) is 0 Å². The monoisotopic (exact) mass is 345 g/mol. The highest BCUT2D eigenvalue weighted by Gasteiger charge is 2.27. The number of aryl methyl sites for hydroxylation is 1. The number of hydrogen-bond donors (Lipinski definition) is 3. The minimum Gasteiger partial charge on any atom is -0.507 e. The van der Waals surface area contributed by atoms with Crippen LogP contribution >= 0.6 is 0 Å². The van der Waals surface area contributed by atoms with Gasteiger partial charge in [-0.25, -0.2) is 4.98 Å². The molecule has 0 fully saturated rings. The smallest absolute Gasteiger partial charge is 0.259 e. The summed E-state index contributed by atoms with van der Waals surface area (Å²) >= 11 is 0. The summed E-state index contributed by atoms with van der Waals surface area (Å²) in [5, 5.41) is 22.2. The third-order valence-corrected chi connectivity index (χ3v) is 4.63. The average Bonchev–Trinajstić information content (AvgIpc) is 2.89. The van der Waals surface area contributed by atoms with Gasteiger partial charge in [0.25, 0.3) is 5.91 Å². The lowest BCUT2D eigenvalue weighted by Crippen LogP contribution is -2.39. The molecule has 25 heavy (non-hydrogen) atoms. The first-order valence-corrected chi connectivity index (χ1v) is 8.37. The lowest BCUT2D eigenvalue weighted by molar-refractivity contribution is 0.0927. The maximum absolute atomic E-state index is 12.6. The molecule has 0 aliphatic heterocycles. The molecule has 7 nitrogen and oxygen atoms in total. The number of rotatable bonds is 5. The molecule has 3 rings (SSSR count). The highest BCUT2D eigenvalue weighted by Crippen LogP contribution is 2.28. The van der Waals surface area contributed by atoms with Crippen LogP contribution in [0, 0.1) is 6.92 Å². The first-order valence-electron chi connectivity index (χ1n) is 8.37. The van der Waals surface area contributed by atoms with Gasteiger partial charge >= 0.3 is 0 Å². The Labute approximate surface area is 146 Å². The Kier molecular flexibility index (Phi) is 4.94. The number of aromatic hydroxyl groups is 1. The van der Waals surface area contributed by atoms with Crippen LogP contribution in [-0.2, 0) is 19.4 Å². The van der Waals surface area contributed by atoms with Gasteiger partial charge in [-0.1, -0.05) is 6.07 Å². The van der Waals surface area contributed by atoms with Crippen LogP contribution in [0.25, 0.3) is 0 Å². The highest BCUT2D eigenvalue weighted by atomic mass is 16.5. The number of carbonyl (C=O) groups excluding carboxylic acids is 1. The predicted octanol–water partition coefficient (Wildman–Crippen LogP) is 1.19. The molecule has 0 bridgehead atoms. The molecule has 3 N–H and O–H groups in total. The van der Waals surface area contributed by atoms with Crippen molar-refractivity contribution < 1.29 is 19.7 Å². The first-order chi connectivity index (χ1) is 12.0. The average molecular weight is 345 g/mol. The van der Waals surface area contributed by atoms with Crippen molar-refractivity contribution in [2.45, 2.75) is 38.8 Å². The minimum absolute atomic E-state index is 0.0545. The van der Waals surface area contributed by atoms with Gasteiger partial charge < -0.3 is 24.8 Å². The Morgan fingerprint density at radius 3 is 3.00 bits per heavy atom. The summed E-state index contributed by atoms with van der Waals surface area (Å²) in [5.74, 6) is 0.775. The molecule has 0 radical (unpaired) electrons. The van der Waals surface area contributed by atoms with E-state index < -0.39 is 0 Å². The molecule has 1 heterocycles. The SMILES string of the molecule is COc1cccc(O)c1C(=O)NC1CCc2c(nc(C)n2CCO)C1. The Balaban J connectivity index is 1.76. The number of aliphatic hydroxyl groups is 1. The molecule has 1 aromatic carbocycles. The second-order valence-corrected chi connectivity index (χ2v) is 6.20. The molecule has 2 aromatic rings. The summed E-state index contributed by atoms with van der Waals surface area (Å²) in [6, 6.07) is 4.69. The second kappa shape index (κ2) is 7.14. The van der Waals surface area contributed by atoms with Crippen LogP contribution in [0.5, 0.6) is 11.5 Å². The number of hydrogen-bond acceptors (Lipinski definition) is 5. The number of fused-ring (bicyclic) bond motifs is 1. The van der Waals surface area contributed by atoms with Crippen LogP contribution in [0.2, 0.25) is 0 Å². The van der Waals surface area contributed by atoms with Gasteiger partial charge in [0.15, 0.2) is 0 Å². The lowest BCUT2D eigenvalue weighted by Gasteiger charge is -2.24. The van der Waals surface area contributed by atoms with E-state index in [9.17, 15) is 15.0 Å². The van der Waals surface area contributed by atoms with E-state index in [0.29, 0.717) is 18.7 Å². The topological polar surface area (TPSA) is 96.6 Å². The summed E-state index contributed by atoms with van der Waals surface area (Å²) in [6.07, 6.45) is 2.21. The van der Waals surface area contributed by atoms with Gasteiger partial charge in [0, 0.05) is 24.7 Å². The number of phenols is 1. The summed E-state index contributed by atoms with van der Waals surface area (Å²) in [5.41, 5.74) is 2.25. The van der Waals surface area contributed by atoms with E-state index in [2.05, 4.69) is 10.3 Å². The third kappa shape index (κ3) is 3.32. The number of amides is 1. The summed E-state index contributed by atoms with van der Waals surface area (Å²) < 4.78 is 7.22. The Morgan fingerprint density at radius 2 is 2.28 bits per heavy atom. The van der Waals surface area contributed by atoms with Crippen molar-refractivity contribution in [2.24, 2.45) is 0 Å². The van der Waals surface area contributed by atoms with Crippen LogP contribution in [0.4, 0.5) is 0 Å². The number of phenolic OH excluding ortho intramolecular Hbond substituents is 1. The molecule has 1 unspecified atom stereocenters. The van der Waals surface area contributed by atoms with Crippen molar-refractivity contribution in [2.75, 3.05) is 13.7 Å². The van der Waals surface area contributed by atoms with E-state index in [0.717, 1.165) is 30.1 Å². The number of imidazole rings is 1. The highest BCUT2D eigenvalue weighted by molar-refractivity contribution is 5.99. The molecule has 1 aromatic heterocycles. The zero-order valence-corrected chi connectivity index (χ0v) is 14.5. The van der Waals surface area contributed by atoms with Gasteiger partial charge in [0.2, 0.25) is 0 Å². The molecule has 7 heteroatoms. The standard InChI is InChI=1S/C18H23N3O4/c1-11-19-13-10-12(6-7-14(13)21(11)8-9-22)20-18(24)17-15(23)4-3-5-16(17)25-2/h3-5,12,22-23H,6-10H2,1-2H3,(H,20,24). The van der Waals surface area contributed by atoms with Crippen LogP contribution in [0.1, 0.15) is 34.0 Å². The largest absolute Gasteiger partial charge is 0.507 e. The van der Waals surface area contributed by atoms with Crippen LogP contribution < -0.4 is 10.1 Å². The molecule has 0 saturated heterocycles. The normalized spacial score (nSPS) is 16.4. The predicted molar refractivity (Wildman–Crippen MR) is 92.0 cm³/mol. The van der Waals surface area contributed by atoms with Gasteiger partial charge in [0.05, 0.1) is 19.4 Å². The van der Waals surface area contributed by atoms with E-state index in [4.69, 9.17) is 4.74 Å². The van der Waals surface area contributed by atoms with Crippen molar-refractivity contribution in [3.8, 4) is 11.5 Å². The van der Waals surface area contributed by atoms with E-state index in [1.807, 2.05) is 11.5 Å². The molecule has 1 aliphatic rings. The van der Waals surface area contributed by atoms with Gasteiger partial charge in [-0.2, -0.15) is 0 Å². The van der Waals surface area contributed by atoms with Crippen LogP contribution in [0.15, 0.2) is 18.2 Å². The Hall–Kier alpha value is -2.54. The number of carbonyl (C=O) groups is 1. The number of aliphatic hydroxyl groups excluding tert-OH is 1. The van der Waals surface area contributed by atoms with Crippen molar-refractivity contribution in [3.63, 3.8) is 0 Å². The molecular weight excluding hydrogens is 322 g/mol. The number of ether oxygens (including phenoxy) is 1. The fraction of sp³-hybridized carbons (Fsp3) is 0.444. The third-order valence-electron chi connectivity index (χ3n) is 4.63. The zero-order valence-electron chi connectivity index (χ0n) is 14.5. The minimum atomic E-state index is -0.352. The van der Waals surface area contributed by atoms with Gasteiger partial charge in [-0.15, -0.1) is 0 Å². The van der Waals surface area contributed by atoms with Crippen molar-refractivity contribution >= 4 is 5.91 Å². The van der Waals surface area contributed by atoms with Crippen molar-refractivity contribution in [1.82, 2.24) is 14.9 Å². The fourth-order valence-electron chi connectivity index (χ4n) is 3.46. The second-order valence-electron chi connectivity index (χ2n) is 6.20. The Morgan fingerprint density at radius 1 is 1.48 bits per heavy atom. The van der Waals surface area contributed by atoms with Crippen LogP contribution in [-0.4, -0.2) is 45.4 Å². The molecule has 1 amide bonds. The van der Waals surface area contributed by atoms with Gasteiger partial charge in [-0.05, 0) is 31.9 Å². The fourth-order valence-corrected chi connectivity index (χ4v) is 3.46. The zero-order chi connectivity index (χ0) is 18.0. The number of aromatic nitrogens is 2. The maximum atomic E-state index is 12.6. The molecule has 134 valence electrons. The van der Waals surface area contributed by atoms with Crippen molar-refractivity contribution in [1.29, 1.82) is 0 Å². The number of benzene rings is 1. The lowest BCUT2D eigenvalue weighted by atomic mass is 9.95. The molecule has 0 saturated carbocycles. The summed E-state index contributed by atoms with van der Waals surface area (Å²) in [7, 11) is 1.47. The van der Waals surface area contributed by atoms with Gasteiger partial charge in [-0.3, -0.25) is 4.79 Å². The molecule has 1 atom stereocenters. The molecular formula is C18H23N3O4. The first kappa shape index (κ1) is 17.3. The van der Waals surface area contributed by atoms with Crippen molar-refractivity contribution in [3.05, 3.63) is 41.0 Å². The molecule has 0 spiro atoms. The number of nitrogens with zero attached hydrogens (tertiary/aromatic N) is 2. The van der Waals surface area contributed by atoms with E-state index in [1.54, 1.807) is 12.1 Å². The quantitative estimate of drug-likeness (QED) is 0.756. The molecule has 1 aliphatic carbocycles. The van der Waals surface area contributed by atoms with Gasteiger partial charge in [0.1, 0.15) is 22.9 Å². The van der Waals surface area contributed by atoms with E-state index in [1.165, 1.54) is 13.2 Å². The van der Waals surface area contributed by atoms with E-state index in [-0.39, 0.29) is 29.9 Å². The number of nitrogens with one attached hydrogen (secondary N) is 1.